The van der Waals surface area contributed by atoms with Gasteiger partial charge in [0.05, 0.1) is 17.8 Å². The number of nitrogens with zero attached hydrogens (tertiary/aromatic N) is 1. The number of rotatable bonds is 6. The van der Waals surface area contributed by atoms with Gasteiger partial charge in [0.1, 0.15) is 5.82 Å². The molecule has 1 unspecified atom stereocenters. The summed E-state index contributed by atoms with van der Waals surface area (Å²) in [6.07, 6.45) is 8.46. The Hall–Kier alpha value is -1.00. The van der Waals surface area contributed by atoms with Crippen molar-refractivity contribution in [3.63, 3.8) is 0 Å². The fourth-order valence-corrected chi connectivity index (χ4v) is 3.36. The van der Waals surface area contributed by atoms with Gasteiger partial charge < -0.3 is 10.1 Å². The third kappa shape index (κ3) is 3.18. The van der Waals surface area contributed by atoms with Gasteiger partial charge >= 0.3 is 0 Å². The van der Waals surface area contributed by atoms with Gasteiger partial charge in [0, 0.05) is 18.4 Å². The summed E-state index contributed by atoms with van der Waals surface area (Å²) in [5, 5.41) is 3.44. The lowest BCUT2D eigenvalue weighted by Crippen LogP contribution is -2.48. The van der Waals surface area contributed by atoms with Crippen LogP contribution in [-0.2, 0) is 4.74 Å². The van der Waals surface area contributed by atoms with Crippen molar-refractivity contribution in [2.75, 3.05) is 13.2 Å². The van der Waals surface area contributed by atoms with Crippen LogP contribution in [0, 0.1) is 5.82 Å². The number of pyridine rings is 1. The number of aromatic nitrogens is 1. The van der Waals surface area contributed by atoms with Crippen LogP contribution in [-0.4, -0.2) is 23.7 Å². The molecule has 1 aromatic rings. The number of likely N-dealkylation sites (N-methyl/N-ethyl adjacent to an activating group) is 1. The van der Waals surface area contributed by atoms with E-state index in [0.717, 1.165) is 32.2 Å². The second kappa shape index (κ2) is 7.14. The van der Waals surface area contributed by atoms with Crippen LogP contribution < -0.4 is 5.32 Å². The number of ether oxygens (including phenoxy) is 1. The predicted molar refractivity (Wildman–Crippen MR) is 78.1 cm³/mol. The minimum Gasteiger partial charge on any atom is -0.373 e. The SMILES string of the molecule is CCNC(c1ccncc1F)C1(OCC)CCCCC1. The Balaban J connectivity index is 2.36. The van der Waals surface area contributed by atoms with Crippen LogP contribution in [0.4, 0.5) is 4.39 Å². The largest absolute Gasteiger partial charge is 0.373 e. The maximum atomic E-state index is 14.2. The van der Waals surface area contributed by atoms with Gasteiger partial charge in [0.2, 0.25) is 0 Å². The molecule has 0 spiro atoms. The highest BCUT2D eigenvalue weighted by atomic mass is 19.1. The van der Waals surface area contributed by atoms with Crippen LogP contribution in [0.1, 0.15) is 57.6 Å². The van der Waals surface area contributed by atoms with Crippen molar-refractivity contribution in [3.8, 4) is 0 Å². The molecule has 3 nitrogen and oxygen atoms in total. The minimum atomic E-state index is -0.287. The van der Waals surface area contributed by atoms with Gasteiger partial charge in [0.15, 0.2) is 0 Å². The quantitative estimate of drug-likeness (QED) is 0.864. The molecule has 112 valence electrons. The first-order valence-corrected chi connectivity index (χ1v) is 7.70. The Morgan fingerprint density at radius 2 is 2.10 bits per heavy atom. The Labute approximate surface area is 120 Å². The Kier molecular flexibility index (Phi) is 5.49. The molecule has 1 N–H and O–H groups in total. The summed E-state index contributed by atoms with van der Waals surface area (Å²) >= 11 is 0. The molecule has 0 amide bonds. The van der Waals surface area contributed by atoms with Gasteiger partial charge in [-0.15, -0.1) is 0 Å². The molecule has 1 aliphatic rings. The molecule has 0 bridgehead atoms. The molecular weight excluding hydrogens is 255 g/mol. The van der Waals surface area contributed by atoms with E-state index in [1.54, 1.807) is 12.3 Å². The van der Waals surface area contributed by atoms with Gasteiger partial charge in [0.25, 0.3) is 0 Å². The molecule has 1 saturated carbocycles. The molecule has 1 aliphatic carbocycles. The molecular formula is C16H25FN2O. The highest BCUT2D eigenvalue weighted by Crippen LogP contribution is 2.42. The normalized spacial score (nSPS) is 19.8. The van der Waals surface area contributed by atoms with E-state index in [1.165, 1.54) is 12.6 Å². The first kappa shape index (κ1) is 15.4. The van der Waals surface area contributed by atoms with Gasteiger partial charge in [-0.05, 0) is 32.4 Å². The Morgan fingerprint density at radius 3 is 2.70 bits per heavy atom. The van der Waals surface area contributed by atoms with Crippen molar-refractivity contribution >= 4 is 0 Å². The summed E-state index contributed by atoms with van der Waals surface area (Å²) in [6, 6.07) is 1.67. The fraction of sp³-hybridized carbons (Fsp3) is 0.688. The van der Waals surface area contributed by atoms with Crippen LogP contribution in [0.15, 0.2) is 18.5 Å². The van der Waals surface area contributed by atoms with Crippen molar-refractivity contribution in [1.29, 1.82) is 0 Å². The number of hydrogen-bond acceptors (Lipinski definition) is 3. The summed E-state index contributed by atoms with van der Waals surface area (Å²) in [6.45, 7) is 5.52. The first-order valence-electron chi connectivity index (χ1n) is 7.70. The zero-order valence-electron chi connectivity index (χ0n) is 12.5. The Morgan fingerprint density at radius 1 is 1.35 bits per heavy atom. The highest BCUT2D eigenvalue weighted by molar-refractivity contribution is 5.22. The fourth-order valence-electron chi connectivity index (χ4n) is 3.36. The van der Waals surface area contributed by atoms with E-state index in [9.17, 15) is 4.39 Å². The summed E-state index contributed by atoms with van der Waals surface area (Å²) in [4.78, 5) is 3.86. The van der Waals surface area contributed by atoms with E-state index in [0.29, 0.717) is 12.2 Å². The van der Waals surface area contributed by atoms with Crippen LogP contribution in [0.25, 0.3) is 0 Å². The van der Waals surface area contributed by atoms with Crippen LogP contribution in [0.2, 0.25) is 0 Å². The van der Waals surface area contributed by atoms with E-state index in [2.05, 4.69) is 17.2 Å². The van der Waals surface area contributed by atoms with E-state index in [4.69, 9.17) is 4.74 Å². The highest BCUT2D eigenvalue weighted by Gasteiger charge is 2.42. The maximum absolute atomic E-state index is 14.2. The van der Waals surface area contributed by atoms with Gasteiger partial charge in [-0.2, -0.15) is 0 Å². The van der Waals surface area contributed by atoms with Crippen molar-refractivity contribution in [2.24, 2.45) is 0 Å². The van der Waals surface area contributed by atoms with Crippen LogP contribution >= 0.6 is 0 Å². The smallest absolute Gasteiger partial charge is 0.146 e. The molecule has 0 aliphatic heterocycles. The van der Waals surface area contributed by atoms with Gasteiger partial charge in [-0.3, -0.25) is 4.98 Å². The van der Waals surface area contributed by atoms with Crippen molar-refractivity contribution in [2.45, 2.75) is 57.6 Å². The van der Waals surface area contributed by atoms with E-state index >= 15 is 0 Å². The van der Waals surface area contributed by atoms with Crippen molar-refractivity contribution < 1.29 is 9.13 Å². The predicted octanol–water partition coefficient (Wildman–Crippen LogP) is 3.61. The summed E-state index contributed by atoms with van der Waals surface area (Å²) in [5.74, 6) is -0.247. The summed E-state index contributed by atoms with van der Waals surface area (Å²) in [7, 11) is 0. The molecule has 1 fully saturated rings. The molecule has 0 saturated heterocycles. The minimum absolute atomic E-state index is 0.101. The van der Waals surface area contributed by atoms with E-state index < -0.39 is 0 Å². The zero-order valence-corrected chi connectivity index (χ0v) is 12.5. The second-order valence-corrected chi connectivity index (χ2v) is 5.45. The molecule has 1 heterocycles. The number of hydrogen-bond donors (Lipinski definition) is 1. The average Bonchev–Trinajstić information content (AvgIpc) is 2.47. The van der Waals surface area contributed by atoms with E-state index in [-0.39, 0.29) is 17.5 Å². The average molecular weight is 280 g/mol. The van der Waals surface area contributed by atoms with E-state index in [1.807, 2.05) is 6.92 Å². The molecule has 1 aromatic heterocycles. The molecule has 0 radical (unpaired) electrons. The monoisotopic (exact) mass is 280 g/mol. The van der Waals surface area contributed by atoms with Gasteiger partial charge in [-0.1, -0.05) is 26.2 Å². The molecule has 2 rings (SSSR count). The lowest BCUT2D eigenvalue weighted by Gasteiger charge is -2.44. The van der Waals surface area contributed by atoms with Gasteiger partial charge in [-0.25, -0.2) is 4.39 Å². The summed E-state index contributed by atoms with van der Waals surface area (Å²) < 4.78 is 20.3. The Bertz CT molecular complexity index is 413. The standard InChI is InChI=1S/C16H25FN2O/c1-3-19-15(13-8-11-18-12-14(13)17)16(20-4-2)9-6-5-7-10-16/h8,11-12,15,19H,3-7,9-10H2,1-2H3. The van der Waals surface area contributed by atoms with Crippen LogP contribution in [0.5, 0.6) is 0 Å². The molecule has 20 heavy (non-hydrogen) atoms. The maximum Gasteiger partial charge on any atom is 0.146 e. The van der Waals surface area contributed by atoms with Crippen LogP contribution in [0.3, 0.4) is 0 Å². The lowest BCUT2D eigenvalue weighted by atomic mass is 9.76. The lowest BCUT2D eigenvalue weighted by molar-refractivity contribution is -0.0916. The third-order valence-corrected chi connectivity index (χ3v) is 4.18. The van der Waals surface area contributed by atoms with Crippen molar-refractivity contribution in [3.05, 3.63) is 29.8 Å². The molecule has 4 heteroatoms. The topological polar surface area (TPSA) is 34.2 Å². The number of nitrogens with one attached hydrogen (secondary N) is 1. The molecule has 0 aromatic carbocycles. The summed E-state index contributed by atoms with van der Waals surface area (Å²) in [5.41, 5.74) is 0.391. The molecule has 1 atom stereocenters. The first-order chi connectivity index (χ1) is 9.73. The number of halogens is 1. The van der Waals surface area contributed by atoms with Crippen molar-refractivity contribution in [1.82, 2.24) is 10.3 Å². The zero-order chi connectivity index (χ0) is 14.4. The third-order valence-electron chi connectivity index (χ3n) is 4.18. The second-order valence-electron chi connectivity index (χ2n) is 5.45.